The highest BCUT2D eigenvalue weighted by molar-refractivity contribution is 5.89. The Balaban J connectivity index is 2.51. The molecule has 0 atom stereocenters. The second-order valence-corrected chi connectivity index (χ2v) is 3.98. The molecule has 0 spiro atoms. The van der Waals surface area contributed by atoms with Gasteiger partial charge in [-0.25, -0.2) is 4.79 Å². The van der Waals surface area contributed by atoms with Gasteiger partial charge in [0.15, 0.2) is 0 Å². The molecule has 0 heterocycles. The second kappa shape index (κ2) is 6.16. The van der Waals surface area contributed by atoms with Crippen molar-refractivity contribution in [1.29, 1.82) is 0 Å². The van der Waals surface area contributed by atoms with Gasteiger partial charge in [0.25, 0.3) is 0 Å². The molecule has 0 aliphatic heterocycles. The summed E-state index contributed by atoms with van der Waals surface area (Å²) in [6, 6.07) is 7.90. The van der Waals surface area contributed by atoms with Crippen molar-refractivity contribution in [2.24, 2.45) is 0 Å². The fourth-order valence-corrected chi connectivity index (χ4v) is 1.57. The van der Waals surface area contributed by atoms with Crippen LogP contribution in [0.5, 0.6) is 0 Å². The zero-order valence-electron chi connectivity index (χ0n) is 10.2. The first-order valence-electron chi connectivity index (χ1n) is 5.79. The van der Waals surface area contributed by atoms with Crippen LogP contribution in [0.3, 0.4) is 0 Å². The summed E-state index contributed by atoms with van der Waals surface area (Å²) in [5.41, 5.74) is 1.98. The minimum Gasteiger partial charge on any atom is -0.335 e. The molecule has 88 valence electrons. The number of benzene rings is 1. The Morgan fingerprint density at radius 1 is 1.31 bits per heavy atom. The van der Waals surface area contributed by atoms with E-state index in [1.807, 2.05) is 31.2 Å². The summed E-state index contributed by atoms with van der Waals surface area (Å²) >= 11 is 0. The molecule has 0 saturated heterocycles. The highest BCUT2D eigenvalue weighted by Gasteiger charge is 2.07. The SMILES string of the molecule is CCC(CC)NC(=O)Nc1cccc(C)c1. The molecular formula is C13H20N2O. The van der Waals surface area contributed by atoms with Gasteiger partial charge in [-0.15, -0.1) is 0 Å². The molecule has 16 heavy (non-hydrogen) atoms. The Morgan fingerprint density at radius 2 is 2.00 bits per heavy atom. The summed E-state index contributed by atoms with van der Waals surface area (Å²) < 4.78 is 0. The quantitative estimate of drug-likeness (QED) is 0.803. The van der Waals surface area contributed by atoms with Crippen molar-refractivity contribution < 1.29 is 4.79 Å². The van der Waals surface area contributed by atoms with Crippen LogP contribution >= 0.6 is 0 Å². The smallest absolute Gasteiger partial charge is 0.319 e. The average molecular weight is 220 g/mol. The fraction of sp³-hybridized carbons (Fsp3) is 0.462. The monoisotopic (exact) mass is 220 g/mol. The molecule has 1 aromatic rings. The molecule has 3 heteroatoms. The van der Waals surface area contributed by atoms with Gasteiger partial charge in [-0.1, -0.05) is 26.0 Å². The van der Waals surface area contributed by atoms with Crippen LogP contribution in [0.2, 0.25) is 0 Å². The van der Waals surface area contributed by atoms with Crippen molar-refractivity contribution in [2.75, 3.05) is 5.32 Å². The number of carbonyl (C=O) groups is 1. The van der Waals surface area contributed by atoms with E-state index in [2.05, 4.69) is 24.5 Å². The van der Waals surface area contributed by atoms with E-state index in [0.717, 1.165) is 24.1 Å². The minimum atomic E-state index is -0.126. The van der Waals surface area contributed by atoms with Gasteiger partial charge in [0.1, 0.15) is 0 Å². The number of rotatable bonds is 4. The zero-order valence-corrected chi connectivity index (χ0v) is 10.2. The molecule has 3 nitrogen and oxygen atoms in total. The van der Waals surface area contributed by atoms with E-state index in [1.54, 1.807) is 0 Å². The third kappa shape index (κ3) is 3.93. The van der Waals surface area contributed by atoms with Crippen LogP contribution in [-0.2, 0) is 0 Å². The Morgan fingerprint density at radius 3 is 2.56 bits per heavy atom. The van der Waals surface area contributed by atoms with Crippen molar-refractivity contribution in [3.63, 3.8) is 0 Å². The molecule has 0 unspecified atom stereocenters. The van der Waals surface area contributed by atoms with E-state index in [1.165, 1.54) is 0 Å². The molecule has 2 amide bonds. The fourth-order valence-electron chi connectivity index (χ4n) is 1.57. The number of hydrogen-bond donors (Lipinski definition) is 2. The minimum absolute atomic E-state index is 0.126. The number of urea groups is 1. The molecule has 1 rings (SSSR count). The number of amides is 2. The number of nitrogens with one attached hydrogen (secondary N) is 2. The first-order chi connectivity index (χ1) is 7.65. The molecular weight excluding hydrogens is 200 g/mol. The van der Waals surface area contributed by atoms with Crippen molar-refractivity contribution in [1.82, 2.24) is 5.32 Å². The van der Waals surface area contributed by atoms with Gasteiger partial charge in [-0.05, 0) is 37.5 Å². The van der Waals surface area contributed by atoms with E-state index >= 15 is 0 Å². The summed E-state index contributed by atoms with van der Waals surface area (Å²) in [6.45, 7) is 6.15. The predicted octanol–water partition coefficient (Wildman–Crippen LogP) is 3.31. The van der Waals surface area contributed by atoms with Gasteiger partial charge in [0.2, 0.25) is 0 Å². The van der Waals surface area contributed by atoms with Gasteiger partial charge < -0.3 is 10.6 Å². The van der Waals surface area contributed by atoms with Crippen LogP contribution in [0.25, 0.3) is 0 Å². The lowest BCUT2D eigenvalue weighted by Crippen LogP contribution is -2.37. The molecule has 0 fully saturated rings. The first-order valence-corrected chi connectivity index (χ1v) is 5.79. The number of aryl methyl sites for hydroxylation is 1. The van der Waals surface area contributed by atoms with E-state index in [-0.39, 0.29) is 12.1 Å². The maximum atomic E-state index is 11.6. The molecule has 0 aromatic heterocycles. The maximum absolute atomic E-state index is 11.6. The van der Waals surface area contributed by atoms with Gasteiger partial charge in [-0.3, -0.25) is 0 Å². The van der Waals surface area contributed by atoms with Crippen LogP contribution in [0, 0.1) is 6.92 Å². The summed E-state index contributed by atoms with van der Waals surface area (Å²) in [4.78, 5) is 11.6. The molecule has 0 aliphatic rings. The highest BCUT2D eigenvalue weighted by Crippen LogP contribution is 2.09. The number of anilines is 1. The Bertz CT molecular complexity index is 346. The molecule has 0 saturated carbocycles. The van der Waals surface area contributed by atoms with E-state index in [9.17, 15) is 4.79 Å². The van der Waals surface area contributed by atoms with Gasteiger partial charge in [0.05, 0.1) is 0 Å². The van der Waals surface area contributed by atoms with Gasteiger partial charge >= 0.3 is 6.03 Å². The molecule has 2 N–H and O–H groups in total. The summed E-state index contributed by atoms with van der Waals surface area (Å²) in [5.74, 6) is 0. The molecule has 0 aliphatic carbocycles. The lowest BCUT2D eigenvalue weighted by atomic mass is 10.2. The molecule has 0 radical (unpaired) electrons. The number of hydrogen-bond acceptors (Lipinski definition) is 1. The third-order valence-electron chi connectivity index (χ3n) is 2.60. The van der Waals surface area contributed by atoms with Crippen LogP contribution in [0.1, 0.15) is 32.3 Å². The van der Waals surface area contributed by atoms with Crippen LogP contribution in [0.4, 0.5) is 10.5 Å². The van der Waals surface area contributed by atoms with Crippen molar-refractivity contribution in [3.8, 4) is 0 Å². The molecule has 0 bridgehead atoms. The molecule has 1 aromatic carbocycles. The summed E-state index contributed by atoms with van der Waals surface area (Å²) in [6.07, 6.45) is 1.91. The van der Waals surface area contributed by atoms with Gasteiger partial charge in [-0.2, -0.15) is 0 Å². The standard InChI is InChI=1S/C13H20N2O/c1-4-11(5-2)14-13(16)15-12-8-6-7-10(3)9-12/h6-9,11H,4-5H2,1-3H3,(H2,14,15,16). The third-order valence-corrected chi connectivity index (χ3v) is 2.60. The maximum Gasteiger partial charge on any atom is 0.319 e. The van der Waals surface area contributed by atoms with Gasteiger partial charge in [0, 0.05) is 11.7 Å². The topological polar surface area (TPSA) is 41.1 Å². The van der Waals surface area contributed by atoms with Crippen LogP contribution in [0.15, 0.2) is 24.3 Å². The Labute approximate surface area is 97.2 Å². The summed E-state index contributed by atoms with van der Waals surface area (Å²) in [7, 11) is 0. The average Bonchev–Trinajstić information content (AvgIpc) is 2.26. The Hall–Kier alpha value is -1.51. The van der Waals surface area contributed by atoms with E-state index < -0.39 is 0 Å². The van der Waals surface area contributed by atoms with Crippen molar-refractivity contribution in [3.05, 3.63) is 29.8 Å². The lowest BCUT2D eigenvalue weighted by molar-refractivity contribution is 0.247. The second-order valence-electron chi connectivity index (χ2n) is 3.98. The van der Waals surface area contributed by atoms with E-state index in [0.29, 0.717) is 0 Å². The summed E-state index contributed by atoms with van der Waals surface area (Å²) in [5, 5.41) is 5.77. The number of carbonyl (C=O) groups excluding carboxylic acids is 1. The van der Waals surface area contributed by atoms with Crippen molar-refractivity contribution >= 4 is 11.7 Å². The zero-order chi connectivity index (χ0) is 12.0. The van der Waals surface area contributed by atoms with Crippen LogP contribution in [-0.4, -0.2) is 12.1 Å². The predicted molar refractivity (Wildman–Crippen MR) is 67.7 cm³/mol. The lowest BCUT2D eigenvalue weighted by Gasteiger charge is -2.15. The van der Waals surface area contributed by atoms with Crippen LogP contribution < -0.4 is 10.6 Å². The largest absolute Gasteiger partial charge is 0.335 e. The van der Waals surface area contributed by atoms with E-state index in [4.69, 9.17) is 0 Å². The first kappa shape index (κ1) is 12.6. The van der Waals surface area contributed by atoms with Crippen molar-refractivity contribution in [2.45, 2.75) is 39.7 Å². The normalized spacial score (nSPS) is 10.2. The Kier molecular flexibility index (Phi) is 4.83. The highest BCUT2D eigenvalue weighted by atomic mass is 16.2.